The molecule has 4 heteroatoms. The molecule has 19 heavy (non-hydrogen) atoms. The van der Waals surface area contributed by atoms with Gasteiger partial charge < -0.3 is 10.1 Å². The molecule has 3 nitrogen and oxygen atoms in total. The van der Waals surface area contributed by atoms with Gasteiger partial charge >= 0.3 is 5.97 Å². The lowest BCUT2D eigenvalue weighted by molar-refractivity contribution is -0.148. The van der Waals surface area contributed by atoms with Crippen molar-refractivity contribution in [3.05, 3.63) is 30.3 Å². The first kappa shape index (κ1) is 16.1. The van der Waals surface area contributed by atoms with Gasteiger partial charge in [-0.3, -0.25) is 4.79 Å². The van der Waals surface area contributed by atoms with Gasteiger partial charge in [-0.15, -0.1) is 11.8 Å². The van der Waals surface area contributed by atoms with Crippen molar-refractivity contribution in [2.45, 2.75) is 36.6 Å². The van der Waals surface area contributed by atoms with Crippen molar-refractivity contribution in [2.24, 2.45) is 0 Å². The summed E-state index contributed by atoms with van der Waals surface area (Å²) >= 11 is 1.86. The summed E-state index contributed by atoms with van der Waals surface area (Å²) in [5, 5.41) is 3.06. The Kier molecular flexibility index (Phi) is 6.95. The fraction of sp³-hybridized carbons (Fsp3) is 0.533. The standard InChI is InChI=1S/C15H23NO2S/c1-15(16-2,14(17)18-3)11-7-8-12-19-13-9-5-4-6-10-13/h4-6,9-10,16H,7-8,11-12H2,1-3H3. The molecule has 0 aromatic heterocycles. The van der Waals surface area contributed by atoms with Gasteiger partial charge in [0, 0.05) is 4.90 Å². The number of unbranched alkanes of at least 4 members (excludes halogenated alkanes) is 1. The summed E-state index contributed by atoms with van der Waals surface area (Å²) in [6.07, 6.45) is 2.89. The fourth-order valence-electron chi connectivity index (χ4n) is 1.84. The van der Waals surface area contributed by atoms with Crippen LogP contribution in [0.1, 0.15) is 26.2 Å². The molecular formula is C15H23NO2S. The number of benzene rings is 1. The quantitative estimate of drug-likeness (QED) is 0.451. The minimum absolute atomic E-state index is 0.189. The Labute approximate surface area is 120 Å². The second-order valence-electron chi connectivity index (χ2n) is 4.69. The highest BCUT2D eigenvalue weighted by atomic mass is 32.2. The number of likely N-dealkylation sites (N-methyl/N-ethyl adjacent to an activating group) is 1. The Hall–Kier alpha value is -1.00. The molecule has 1 aromatic carbocycles. The minimum Gasteiger partial charge on any atom is -0.468 e. The van der Waals surface area contributed by atoms with Crippen LogP contribution in [-0.4, -0.2) is 31.4 Å². The van der Waals surface area contributed by atoms with Crippen molar-refractivity contribution in [3.63, 3.8) is 0 Å². The van der Waals surface area contributed by atoms with E-state index in [2.05, 4.69) is 29.6 Å². The number of nitrogens with one attached hydrogen (secondary N) is 1. The summed E-state index contributed by atoms with van der Waals surface area (Å²) < 4.78 is 4.83. The Morgan fingerprint density at radius 3 is 2.58 bits per heavy atom. The number of ether oxygens (including phenoxy) is 1. The van der Waals surface area contributed by atoms with E-state index >= 15 is 0 Å². The monoisotopic (exact) mass is 281 g/mol. The largest absolute Gasteiger partial charge is 0.468 e. The first-order valence-corrected chi connectivity index (χ1v) is 7.56. The highest BCUT2D eigenvalue weighted by molar-refractivity contribution is 7.99. The number of thioether (sulfide) groups is 1. The van der Waals surface area contributed by atoms with Gasteiger partial charge in [-0.2, -0.15) is 0 Å². The van der Waals surface area contributed by atoms with Gasteiger partial charge in [0.2, 0.25) is 0 Å². The molecule has 0 aliphatic heterocycles. The second-order valence-corrected chi connectivity index (χ2v) is 5.86. The second kappa shape index (κ2) is 8.23. The smallest absolute Gasteiger partial charge is 0.325 e. The zero-order chi connectivity index (χ0) is 14.1. The van der Waals surface area contributed by atoms with E-state index in [1.165, 1.54) is 12.0 Å². The van der Waals surface area contributed by atoms with Crippen LogP contribution < -0.4 is 5.32 Å². The number of methoxy groups -OCH3 is 1. The molecule has 1 unspecified atom stereocenters. The maximum absolute atomic E-state index is 11.7. The van der Waals surface area contributed by atoms with Crippen molar-refractivity contribution in [1.82, 2.24) is 5.32 Å². The predicted molar refractivity (Wildman–Crippen MR) is 80.5 cm³/mol. The molecule has 0 spiro atoms. The van der Waals surface area contributed by atoms with Crippen LogP contribution in [0, 0.1) is 0 Å². The molecule has 0 aliphatic rings. The van der Waals surface area contributed by atoms with Gasteiger partial charge in [0.05, 0.1) is 7.11 Å². The van der Waals surface area contributed by atoms with Crippen LogP contribution in [0.5, 0.6) is 0 Å². The van der Waals surface area contributed by atoms with E-state index in [1.54, 1.807) is 7.05 Å². The summed E-state index contributed by atoms with van der Waals surface area (Å²) in [4.78, 5) is 13.0. The Morgan fingerprint density at radius 1 is 1.32 bits per heavy atom. The molecule has 0 amide bonds. The minimum atomic E-state index is -0.563. The molecular weight excluding hydrogens is 258 g/mol. The molecule has 106 valence electrons. The predicted octanol–water partition coefficient (Wildman–Crippen LogP) is 3.10. The maximum Gasteiger partial charge on any atom is 0.325 e. The van der Waals surface area contributed by atoms with Gasteiger partial charge in [0.25, 0.3) is 0 Å². The molecule has 0 heterocycles. The highest BCUT2D eigenvalue weighted by Gasteiger charge is 2.31. The molecule has 0 radical (unpaired) electrons. The molecule has 1 N–H and O–H groups in total. The van der Waals surface area contributed by atoms with Gasteiger partial charge in [-0.05, 0) is 44.7 Å². The lowest BCUT2D eigenvalue weighted by Gasteiger charge is -2.25. The van der Waals surface area contributed by atoms with Crippen LogP contribution in [0.3, 0.4) is 0 Å². The van der Waals surface area contributed by atoms with E-state index in [9.17, 15) is 4.79 Å². The highest BCUT2D eigenvalue weighted by Crippen LogP contribution is 2.21. The number of hydrogen-bond donors (Lipinski definition) is 1. The van der Waals surface area contributed by atoms with Crippen molar-refractivity contribution >= 4 is 17.7 Å². The molecule has 1 aromatic rings. The molecule has 1 atom stereocenters. The average molecular weight is 281 g/mol. The summed E-state index contributed by atoms with van der Waals surface area (Å²) in [5.74, 6) is 0.885. The van der Waals surface area contributed by atoms with Gasteiger partial charge in [0.15, 0.2) is 0 Å². The van der Waals surface area contributed by atoms with Crippen LogP contribution in [0.2, 0.25) is 0 Å². The molecule has 0 aliphatic carbocycles. The molecule has 0 saturated carbocycles. The molecule has 0 saturated heterocycles. The maximum atomic E-state index is 11.7. The topological polar surface area (TPSA) is 38.3 Å². The average Bonchev–Trinajstić information content (AvgIpc) is 2.46. The van der Waals surface area contributed by atoms with Crippen LogP contribution in [-0.2, 0) is 9.53 Å². The lowest BCUT2D eigenvalue weighted by Crippen LogP contribution is -2.48. The first-order chi connectivity index (χ1) is 9.12. The van der Waals surface area contributed by atoms with E-state index < -0.39 is 5.54 Å². The SMILES string of the molecule is CNC(C)(CCCCSc1ccccc1)C(=O)OC. The first-order valence-electron chi connectivity index (χ1n) is 6.57. The number of carbonyl (C=O) groups is 1. The molecule has 0 bridgehead atoms. The van der Waals surface area contributed by atoms with Crippen molar-refractivity contribution in [2.75, 3.05) is 19.9 Å². The summed E-state index contributed by atoms with van der Waals surface area (Å²) in [7, 11) is 3.23. The zero-order valence-electron chi connectivity index (χ0n) is 11.9. The summed E-state index contributed by atoms with van der Waals surface area (Å²) in [6.45, 7) is 1.89. The van der Waals surface area contributed by atoms with E-state index in [0.29, 0.717) is 0 Å². The van der Waals surface area contributed by atoms with Crippen LogP contribution in [0.25, 0.3) is 0 Å². The molecule has 1 rings (SSSR count). The number of esters is 1. The third kappa shape index (κ3) is 5.25. The van der Waals surface area contributed by atoms with Crippen LogP contribution >= 0.6 is 11.8 Å². The zero-order valence-corrected chi connectivity index (χ0v) is 12.8. The lowest BCUT2D eigenvalue weighted by atomic mass is 9.95. The van der Waals surface area contributed by atoms with Gasteiger partial charge in [-0.1, -0.05) is 24.6 Å². The van der Waals surface area contributed by atoms with E-state index in [0.717, 1.165) is 25.0 Å². The Morgan fingerprint density at radius 2 is 2.00 bits per heavy atom. The van der Waals surface area contributed by atoms with Crippen LogP contribution in [0.15, 0.2) is 35.2 Å². The van der Waals surface area contributed by atoms with Crippen LogP contribution in [0.4, 0.5) is 0 Å². The van der Waals surface area contributed by atoms with Crippen molar-refractivity contribution < 1.29 is 9.53 Å². The number of rotatable bonds is 8. The summed E-state index contributed by atoms with van der Waals surface area (Å²) in [5.41, 5.74) is -0.563. The normalized spacial score (nSPS) is 13.8. The Balaban J connectivity index is 2.25. The van der Waals surface area contributed by atoms with E-state index in [-0.39, 0.29) is 5.97 Å². The third-order valence-electron chi connectivity index (χ3n) is 3.27. The molecule has 0 fully saturated rings. The third-order valence-corrected chi connectivity index (χ3v) is 4.37. The van der Waals surface area contributed by atoms with Gasteiger partial charge in [0.1, 0.15) is 5.54 Å². The summed E-state index contributed by atoms with van der Waals surface area (Å²) in [6, 6.07) is 10.4. The van der Waals surface area contributed by atoms with E-state index in [4.69, 9.17) is 4.74 Å². The number of carbonyl (C=O) groups excluding carboxylic acids is 1. The Bertz CT molecular complexity index is 383. The fourth-order valence-corrected chi connectivity index (χ4v) is 2.78. The van der Waals surface area contributed by atoms with Crippen molar-refractivity contribution in [1.29, 1.82) is 0 Å². The van der Waals surface area contributed by atoms with E-state index in [1.807, 2.05) is 24.8 Å². The number of hydrogen-bond acceptors (Lipinski definition) is 4. The van der Waals surface area contributed by atoms with Crippen molar-refractivity contribution in [3.8, 4) is 0 Å². The van der Waals surface area contributed by atoms with Gasteiger partial charge in [-0.25, -0.2) is 0 Å².